The molecule has 0 saturated carbocycles. The zero-order chi connectivity index (χ0) is 11.5. The highest BCUT2D eigenvalue weighted by Crippen LogP contribution is 2.36. The van der Waals surface area contributed by atoms with Crippen molar-refractivity contribution in [2.24, 2.45) is 5.73 Å². The van der Waals surface area contributed by atoms with Crippen LogP contribution in [0.4, 0.5) is 0 Å². The summed E-state index contributed by atoms with van der Waals surface area (Å²) in [5.41, 5.74) is 7.38. The van der Waals surface area contributed by atoms with Crippen LogP contribution in [0.15, 0.2) is 29.2 Å². The first kappa shape index (κ1) is 12.6. The summed E-state index contributed by atoms with van der Waals surface area (Å²) in [6.45, 7) is 8.81. The van der Waals surface area contributed by atoms with Crippen molar-refractivity contribution < 1.29 is 0 Å². The topological polar surface area (TPSA) is 26.0 Å². The van der Waals surface area contributed by atoms with Crippen LogP contribution >= 0.6 is 11.8 Å². The molecule has 0 aromatic heterocycles. The number of hydrogen-bond donors (Lipinski definition) is 1. The summed E-state index contributed by atoms with van der Waals surface area (Å²) in [4.78, 5) is 1.32. The summed E-state index contributed by atoms with van der Waals surface area (Å²) in [5, 5.41) is 0. The van der Waals surface area contributed by atoms with E-state index in [2.05, 4.69) is 52.0 Å². The Morgan fingerprint density at radius 1 is 1.27 bits per heavy atom. The molecule has 0 spiro atoms. The van der Waals surface area contributed by atoms with Gasteiger partial charge in [-0.2, -0.15) is 0 Å². The molecular formula is C13H21NS. The SMILES string of the molecule is CC[C@H](N)c1ccccc1SC(C)(C)C. The first-order chi connectivity index (χ1) is 6.94. The third-order valence-electron chi connectivity index (χ3n) is 2.17. The maximum Gasteiger partial charge on any atom is 0.0303 e. The molecule has 0 radical (unpaired) electrons. The van der Waals surface area contributed by atoms with Gasteiger partial charge in [0.25, 0.3) is 0 Å². The third kappa shape index (κ3) is 3.88. The first-order valence-electron chi connectivity index (χ1n) is 5.47. The summed E-state index contributed by atoms with van der Waals surface area (Å²) in [7, 11) is 0. The lowest BCUT2D eigenvalue weighted by molar-refractivity contribution is 0.684. The summed E-state index contributed by atoms with van der Waals surface area (Å²) in [6.07, 6.45) is 0.988. The fourth-order valence-corrected chi connectivity index (χ4v) is 2.57. The minimum Gasteiger partial charge on any atom is -0.324 e. The Morgan fingerprint density at radius 2 is 1.87 bits per heavy atom. The molecule has 0 saturated heterocycles. The smallest absolute Gasteiger partial charge is 0.0303 e. The Bertz CT molecular complexity index is 315. The van der Waals surface area contributed by atoms with Gasteiger partial charge in [0, 0.05) is 15.7 Å². The maximum atomic E-state index is 6.10. The van der Waals surface area contributed by atoms with Gasteiger partial charge >= 0.3 is 0 Å². The van der Waals surface area contributed by atoms with E-state index in [0.29, 0.717) is 0 Å². The summed E-state index contributed by atoms with van der Waals surface area (Å²) in [6, 6.07) is 8.62. The Labute approximate surface area is 97.4 Å². The van der Waals surface area contributed by atoms with E-state index in [9.17, 15) is 0 Å². The number of nitrogens with two attached hydrogens (primary N) is 1. The number of benzene rings is 1. The first-order valence-corrected chi connectivity index (χ1v) is 6.29. The van der Waals surface area contributed by atoms with E-state index in [1.165, 1.54) is 10.5 Å². The molecule has 0 heterocycles. The maximum absolute atomic E-state index is 6.10. The monoisotopic (exact) mass is 223 g/mol. The van der Waals surface area contributed by atoms with Crippen molar-refractivity contribution in [2.75, 3.05) is 0 Å². The van der Waals surface area contributed by atoms with Crippen molar-refractivity contribution in [3.63, 3.8) is 0 Å². The second-order valence-electron chi connectivity index (χ2n) is 4.77. The lowest BCUT2D eigenvalue weighted by Crippen LogP contribution is -2.12. The van der Waals surface area contributed by atoms with E-state index in [0.717, 1.165) is 6.42 Å². The van der Waals surface area contributed by atoms with Gasteiger partial charge in [-0.15, -0.1) is 11.8 Å². The van der Waals surface area contributed by atoms with Gasteiger partial charge in [-0.05, 0) is 18.1 Å². The van der Waals surface area contributed by atoms with Gasteiger partial charge in [-0.25, -0.2) is 0 Å². The lowest BCUT2D eigenvalue weighted by Gasteiger charge is -2.21. The average molecular weight is 223 g/mol. The minimum absolute atomic E-state index is 0.163. The van der Waals surface area contributed by atoms with Gasteiger partial charge in [0.05, 0.1) is 0 Å². The fraction of sp³-hybridized carbons (Fsp3) is 0.538. The molecule has 0 amide bonds. The van der Waals surface area contributed by atoms with Crippen molar-refractivity contribution >= 4 is 11.8 Å². The summed E-state index contributed by atoms with van der Waals surface area (Å²) in [5.74, 6) is 0. The molecule has 2 heteroatoms. The van der Waals surface area contributed by atoms with E-state index in [1.807, 2.05) is 11.8 Å². The number of rotatable bonds is 3. The van der Waals surface area contributed by atoms with Crippen LogP contribution in [0.25, 0.3) is 0 Å². The highest BCUT2D eigenvalue weighted by Gasteiger charge is 2.16. The molecule has 2 N–H and O–H groups in total. The van der Waals surface area contributed by atoms with Crippen LogP contribution in [-0.2, 0) is 0 Å². The second kappa shape index (κ2) is 5.04. The molecule has 1 aromatic carbocycles. The molecule has 0 aliphatic heterocycles. The molecule has 1 nitrogen and oxygen atoms in total. The molecule has 0 fully saturated rings. The zero-order valence-electron chi connectivity index (χ0n) is 10.1. The number of hydrogen-bond acceptors (Lipinski definition) is 2. The molecular weight excluding hydrogens is 202 g/mol. The van der Waals surface area contributed by atoms with Crippen molar-refractivity contribution in [1.82, 2.24) is 0 Å². The molecule has 0 bridgehead atoms. The van der Waals surface area contributed by atoms with Crippen LogP contribution in [0.2, 0.25) is 0 Å². The molecule has 0 unspecified atom stereocenters. The van der Waals surface area contributed by atoms with Crippen LogP contribution in [-0.4, -0.2) is 4.75 Å². The van der Waals surface area contributed by atoms with Crippen LogP contribution in [0.3, 0.4) is 0 Å². The van der Waals surface area contributed by atoms with Crippen molar-refractivity contribution in [1.29, 1.82) is 0 Å². The molecule has 1 aromatic rings. The lowest BCUT2D eigenvalue weighted by atomic mass is 10.1. The Balaban J connectivity index is 2.96. The van der Waals surface area contributed by atoms with E-state index in [1.54, 1.807) is 0 Å². The Morgan fingerprint density at radius 3 is 2.40 bits per heavy atom. The molecule has 0 aliphatic rings. The highest BCUT2D eigenvalue weighted by atomic mass is 32.2. The molecule has 1 rings (SSSR count). The summed E-state index contributed by atoms with van der Waals surface area (Å²) >= 11 is 1.89. The fourth-order valence-electron chi connectivity index (χ4n) is 1.43. The Hall–Kier alpha value is -0.470. The van der Waals surface area contributed by atoms with E-state index < -0.39 is 0 Å². The predicted octanol–water partition coefficient (Wildman–Crippen LogP) is 3.99. The molecule has 0 aliphatic carbocycles. The van der Waals surface area contributed by atoms with E-state index in [4.69, 9.17) is 5.73 Å². The van der Waals surface area contributed by atoms with Crippen molar-refractivity contribution in [3.8, 4) is 0 Å². The molecule has 15 heavy (non-hydrogen) atoms. The normalized spacial score (nSPS) is 13.9. The van der Waals surface area contributed by atoms with E-state index in [-0.39, 0.29) is 10.8 Å². The third-order valence-corrected chi connectivity index (χ3v) is 3.38. The van der Waals surface area contributed by atoms with Crippen LogP contribution in [0.5, 0.6) is 0 Å². The van der Waals surface area contributed by atoms with E-state index >= 15 is 0 Å². The van der Waals surface area contributed by atoms with Crippen LogP contribution < -0.4 is 5.73 Å². The van der Waals surface area contributed by atoms with Crippen LogP contribution in [0.1, 0.15) is 45.7 Å². The summed E-state index contributed by atoms with van der Waals surface area (Å²) < 4.78 is 0.240. The standard InChI is InChI=1S/C13H21NS/c1-5-11(14)10-8-6-7-9-12(10)15-13(2,3)4/h6-9,11H,5,14H2,1-4H3/t11-/m0/s1. The average Bonchev–Trinajstić information content (AvgIpc) is 2.15. The molecule has 1 atom stereocenters. The van der Waals surface area contributed by atoms with Crippen molar-refractivity contribution in [2.45, 2.75) is 49.8 Å². The Kier molecular flexibility index (Phi) is 4.23. The number of thioether (sulfide) groups is 1. The zero-order valence-corrected chi connectivity index (χ0v) is 10.9. The van der Waals surface area contributed by atoms with Gasteiger partial charge in [0.2, 0.25) is 0 Å². The quantitative estimate of drug-likeness (QED) is 0.784. The van der Waals surface area contributed by atoms with Gasteiger partial charge in [-0.3, -0.25) is 0 Å². The highest BCUT2D eigenvalue weighted by molar-refractivity contribution is 8.00. The van der Waals surface area contributed by atoms with Crippen molar-refractivity contribution in [3.05, 3.63) is 29.8 Å². The largest absolute Gasteiger partial charge is 0.324 e. The van der Waals surface area contributed by atoms with Gasteiger partial charge in [0.15, 0.2) is 0 Å². The van der Waals surface area contributed by atoms with Gasteiger partial charge in [-0.1, -0.05) is 45.9 Å². The van der Waals surface area contributed by atoms with Gasteiger partial charge < -0.3 is 5.73 Å². The van der Waals surface area contributed by atoms with Gasteiger partial charge in [0.1, 0.15) is 0 Å². The van der Waals surface area contributed by atoms with Crippen LogP contribution in [0, 0.1) is 0 Å². The second-order valence-corrected chi connectivity index (χ2v) is 6.64. The minimum atomic E-state index is 0.163. The molecule has 84 valence electrons. The predicted molar refractivity (Wildman–Crippen MR) is 69.3 cm³/mol.